The molecule has 0 radical (unpaired) electrons. The number of benzene rings is 1. The van der Waals surface area contributed by atoms with Crippen molar-refractivity contribution in [2.24, 2.45) is 12.0 Å². The molecule has 0 fully saturated rings. The Balaban J connectivity index is 1.92. The summed E-state index contributed by atoms with van der Waals surface area (Å²) in [6.45, 7) is 1.75. The lowest BCUT2D eigenvalue weighted by atomic mass is 10.3. The number of nitrogens with zero attached hydrogens (tertiary/aromatic N) is 3. The highest BCUT2D eigenvalue weighted by Crippen LogP contribution is 2.17. The fraction of sp³-hybridized carbons (Fsp3) is 0.273. The average Bonchev–Trinajstić information content (AvgIpc) is 2.90. The molecule has 0 spiro atoms. The standard InChI is InChI=1S/C11H13N5/c1-16-7-14-9-6-8(2-3-10(9)16)15-11-12-4-5-13-11/h2-3,6-7H,4-5H2,1H3,(H2,12,13,15). The second-order valence-electron chi connectivity index (χ2n) is 3.84. The van der Waals surface area contributed by atoms with Gasteiger partial charge in [0.05, 0.1) is 23.9 Å². The maximum Gasteiger partial charge on any atom is 0.195 e. The summed E-state index contributed by atoms with van der Waals surface area (Å²) in [6, 6.07) is 6.12. The second kappa shape index (κ2) is 3.52. The van der Waals surface area contributed by atoms with Gasteiger partial charge >= 0.3 is 0 Å². The highest BCUT2D eigenvalue weighted by atomic mass is 15.2. The van der Waals surface area contributed by atoms with E-state index >= 15 is 0 Å². The van der Waals surface area contributed by atoms with Crippen molar-refractivity contribution < 1.29 is 0 Å². The monoisotopic (exact) mass is 215 g/mol. The van der Waals surface area contributed by atoms with Gasteiger partial charge in [-0.1, -0.05) is 0 Å². The van der Waals surface area contributed by atoms with Crippen LogP contribution in [0.2, 0.25) is 0 Å². The van der Waals surface area contributed by atoms with Gasteiger partial charge in [-0.15, -0.1) is 0 Å². The number of anilines is 1. The van der Waals surface area contributed by atoms with Crippen molar-refractivity contribution in [2.75, 3.05) is 18.4 Å². The Morgan fingerprint density at radius 1 is 1.44 bits per heavy atom. The van der Waals surface area contributed by atoms with E-state index in [-0.39, 0.29) is 0 Å². The minimum absolute atomic E-state index is 0.841. The van der Waals surface area contributed by atoms with Gasteiger partial charge in [0.25, 0.3) is 0 Å². The molecule has 0 atom stereocenters. The molecule has 2 N–H and O–H groups in total. The second-order valence-corrected chi connectivity index (χ2v) is 3.84. The lowest BCUT2D eigenvalue weighted by molar-refractivity contribution is 0.948. The normalized spacial score (nSPS) is 14.9. The molecule has 0 bridgehead atoms. The van der Waals surface area contributed by atoms with Crippen molar-refractivity contribution >= 4 is 22.7 Å². The van der Waals surface area contributed by atoms with Gasteiger partial charge in [0.2, 0.25) is 0 Å². The number of guanidine groups is 1. The molecule has 0 unspecified atom stereocenters. The van der Waals surface area contributed by atoms with Gasteiger partial charge in [-0.25, -0.2) is 4.98 Å². The third-order valence-electron chi connectivity index (χ3n) is 2.66. The lowest BCUT2D eigenvalue weighted by Crippen LogP contribution is -2.26. The van der Waals surface area contributed by atoms with Crippen LogP contribution in [-0.4, -0.2) is 28.6 Å². The van der Waals surface area contributed by atoms with E-state index in [0.29, 0.717) is 0 Å². The molecule has 82 valence electrons. The molecule has 2 aromatic rings. The largest absolute Gasteiger partial charge is 0.354 e. The summed E-state index contributed by atoms with van der Waals surface area (Å²) in [4.78, 5) is 8.60. The number of hydrogen-bond acceptors (Lipinski definition) is 4. The molecular weight excluding hydrogens is 202 g/mol. The van der Waals surface area contributed by atoms with Gasteiger partial charge in [0, 0.05) is 19.3 Å². The molecule has 0 amide bonds. The molecular formula is C11H13N5. The van der Waals surface area contributed by atoms with Gasteiger partial charge in [0.15, 0.2) is 5.96 Å². The van der Waals surface area contributed by atoms with Crippen LogP contribution in [0.15, 0.2) is 29.5 Å². The van der Waals surface area contributed by atoms with E-state index in [9.17, 15) is 0 Å². The van der Waals surface area contributed by atoms with Crippen LogP contribution < -0.4 is 10.6 Å². The van der Waals surface area contributed by atoms with Crippen molar-refractivity contribution in [1.82, 2.24) is 14.9 Å². The van der Waals surface area contributed by atoms with Crippen LogP contribution in [0.1, 0.15) is 0 Å². The van der Waals surface area contributed by atoms with E-state index < -0.39 is 0 Å². The lowest BCUT2D eigenvalue weighted by Gasteiger charge is -2.06. The first-order chi connectivity index (χ1) is 7.83. The van der Waals surface area contributed by atoms with Crippen LogP contribution in [0, 0.1) is 0 Å². The van der Waals surface area contributed by atoms with Crippen molar-refractivity contribution in [3.8, 4) is 0 Å². The minimum atomic E-state index is 0.841. The Morgan fingerprint density at radius 3 is 3.19 bits per heavy atom. The fourth-order valence-electron chi connectivity index (χ4n) is 1.83. The molecule has 2 heterocycles. The van der Waals surface area contributed by atoms with Gasteiger partial charge in [-0.05, 0) is 18.2 Å². The topological polar surface area (TPSA) is 54.2 Å². The summed E-state index contributed by atoms with van der Waals surface area (Å²) in [5.74, 6) is 0.843. The predicted octanol–water partition coefficient (Wildman–Crippen LogP) is 0.944. The van der Waals surface area contributed by atoms with Crippen LogP contribution >= 0.6 is 0 Å². The van der Waals surface area contributed by atoms with Crippen molar-refractivity contribution in [2.45, 2.75) is 0 Å². The molecule has 3 rings (SSSR count). The highest BCUT2D eigenvalue weighted by Gasteiger charge is 2.06. The van der Waals surface area contributed by atoms with E-state index in [4.69, 9.17) is 0 Å². The number of aromatic nitrogens is 2. The molecule has 1 aliphatic rings. The van der Waals surface area contributed by atoms with E-state index in [1.165, 1.54) is 0 Å². The number of hydrogen-bond donors (Lipinski definition) is 2. The first-order valence-electron chi connectivity index (χ1n) is 5.29. The maximum absolute atomic E-state index is 4.32. The van der Waals surface area contributed by atoms with Gasteiger partial charge in [0.1, 0.15) is 0 Å². The third kappa shape index (κ3) is 1.50. The number of nitrogens with one attached hydrogen (secondary N) is 2. The zero-order valence-electron chi connectivity index (χ0n) is 9.07. The summed E-state index contributed by atoms with van der Waals surface area (Å²) < 4.78 is 2.00. The summed E-state index contributed by atoms with van der Waals surface area (Å²) >= 11 is 0. The number of imidazole rings is 1. The van der Waals surface area contributed by atoms with Crippen LogP contribution in [-0.2, 0) is 7.05 Å². The van der Waals surface area contributed by atoms with Gasteiger partial charge in [-0.2, -0.15) is 0 Å². The van der Waals surface area contributed by atoms with Gasteiger partial charge in [-0.3, -0.25) is 4.99 Å². The molecule has 1 aromatic heterocycles. The molecule has 0 saturated heterocycles. The van der Waals surface area contributed by atoms with E-state index in [2.05, 4.69) is 26.7 Å². The number of aliphatic imine (C=N–C) groups is 1. The smallest absolute Gasteiger partial charge is 0.195 e. The zero-order chi connectivity index (χ0) is 11.0. The van der Waals surface area contributed by atoms with Crippen LogP contribution in [0.3, 0.4) is 0 Å². The Bertz CT molecular complexity index is 555. The highest BCUT2D eigenvalue weighted by molar-refractivity contribution is 5.96. The molecule has 5 heteroatoms. The van der Waals surface area contributed by atoms with Crippen molar-refractivity contribution in [1.29, 1.82) is 0 Å². The molecule has 0 saturated carbocycles. The number of aryl methyl sites for hydroxylation is 1. The van der Waals surface area contributed by atoms with Crippen LogP contribution in [0.4, 0.5) is 5.69 Å². The maximum atomic E-state index is 4.32. The zero-order valence-corrected chi connectivity index (χ0v) is 9.07. The van der Waals surface area contributed by atoms with Crippen LogP contribution in [0.25, 0.3) is 11.0 Å². The van der Waals surface area contributed by atoms with E-state index in [0.717, 1.165) is 35.8 Å². The summed E-state index contributed by atoms with van der Waals surface area (Å²) in [6.07, 6.45) is 1.82. The molecule has 1 aliphatic heterocycles. The Labute approximate surface area is 93.2 Å². The van der Waals surface area contributed by atoms with Crippen LogP contribution in [0.5, 0.6) is 0 Å². The van der Waals surface area contributed by atoms with E-state index in [1.807, 2.05) is 30.1 Å². The summed E-state index contributed by atoms with van der Waals surface area (Å²) in [5, 5.41) is 6.40. The fourth-order valence-corrected chi connectivity index (χ4v) is 1.83. The van der Waals surface area contributed by atoms with Crippen molar-refractivity contribution in [3.05, 3.63) is 24.5 Å². The molecule has 16 heavy (non-hydrogen) atoms. The molecule has 5 nitrogen and oxygen atoms in total. The Kier molecular flexibility index (Phi) is 2.02. The van der Waals surface area contributed by atoms with Crippen molar-refractivity contribution in [3.63, 3.8) is 0 Å². The quantitative estimate of drug-likeness (QED) is 0.744. The number of rotatable bonds is 1. The SMILES string of the molecule is Cn1cnc2cc(NC3=NCCN3)ccc21. The summed E-state index contributed by atoms with van der Waals surface area (Å²) in [7, 11) is 1.99. The Morgan fingerprint density at radius 2 is 2.38 bits per heavy atom. The Hall–Kier alpha value is -2.04. The first-order valence-corrected chi connectivity index (χ1v) is 5.29. The summed E-state index contributed by atoms with van der Waals surface area (Å²) in [5.41, 5.74) is 3.14. The van der Waals surface area contributed by atoms with E-state index in [1.54, 1.807) is 0 Å². The molecule has 0 aliphatic carbocycles. The third-order valence-corrected chi connectivity index (χ3v) is 2.66. The minimum Gasteiger partial charge on any atom is -0.354 e. The predicted molar refractivity (Wildman–Crippen MR) is 64.6 cm³/mol. The first kappa shape index (κ1) is 9.21. The molecule has 1 aromatic carbocycles. The van der Waals surface area contributed by atoms with Gasteiger partial charge < -0.3 is 15.2 Å². The number of fused-ring (bicyclic) bond motifs is 1. The average molecular weight is 215 g/mol.